The first-order valence-corrected chi connectivity index (χ1v) is 7.90. The number of carbonyl (C=O) groups excluding carboxylic acids is 1. The minimum absolute atomic E-state index is 0.216. The lowest BCUT2D eigenvalue weighted by Gasteiger charge is -2.05. The quantitative estimate of drug-likeness (QED) is 0.583. The Labute approximate surface area is 129 Å². The van der Waals surface area contributed by atoms with Gasteiger partial charge in [0.15, 0.2) is 15.6 Å². The highest BCUT2D eigenvalue weighted by atomic mass is 79.9. The van der Waals surface area contributed by atoms with Gasteiger partial charge in [-0.3, -0.25) is 9.36 Å². The number of hydrogen-bond donors (Lipinski definition) is 0. The Morgan fingerprint density at radius 2 is 2.25 bits per heavy atom. The molecular weight excluding hydrogens is 346 g/mol. The van der Waals surface area contributed by atoms with Gasteiger partial charge in [-0.2, -0.15) is 0 Å². The van der Waals surface area contributed by atoms with Crippen LogP contribution in [0.5, 0.6) is 0 Å². The van der Waals surface area contributed by atoms with E-state index in [1.54, 1.807) is 13.0 Å². The fourth-order valence-corrected chi connectivity index (χ4v) is 2.73. The predicted octanol–water partition coefficient (Wildman–Crippen LogP) is 2.98. The second kappa shape index (κ2) is 6.94. The molecule has 0 saturated carbocycles. The van der Waals surface area contributed by atoms with Crippen molar-refractivity contribution in [2.24, 2.45) is 0 Å². The molecule has 0 N–H and O–H groups in total. The van der Waals surface area contributed by atoms with Crippen LogP contribution in [0.2, 0.25) is 0 Å². The summed E-state index contributed by atoms with van der Waals surface area (Å²) in [6.45, 7) is 4.83. The lowest BCUT2D eigenvalue weighted by molar-refractivity contribution is -0.139. The van der Waals surface area contributed by atoms with Crippen LogP contribution in [0.1, 0.15) is 13.8 Å². The summed E-state index contributed by atoms with van der Waals surface area (Å²) in [6, 6.07) is 3.62. The Bertz CT molecular complexity index is 597. The summed E-state index contributed by atoms with van der Waals surface area (Å²) in [5.74, 6) is 1.23. The first-order chi connectivity index (χ1) is 9.65. The number of nitrogens with zero attached hydrogens (tertiary/aromatic N) is 3. The van der Waals surface area contributed by atoms with E-state index in [9.17, 15) is 4.79 Å². The van der Waals surface area contributed by atoms with Gasteiger partial charge in [-0.15, -0.1) is 10.2 Å². The number of thioether (sulfide) groups is 1. The predicted molar refractivity (Wildman–Crippen MR) is 78.5 cm³/mol. The van der Waals surface area contributed by atoms with Crippen LogP contribution in [0.15, 0.2) is 26.4 Å². The topological polar surface area (TPSA) is 70.2 Å². The van der Waals surface area contributed by atoms with Crippen molar-refractivity contribution in [2.75, 3.05) is 12.4 Å². The molecule has 108 valence electrons. The normalized spacial score (nSPS) is 10.8. The zero-order valence-electron chi connectivity index (χ0n) is 11.1. The maximum Gasteiger partial charge on any atom is 0.316 e. The molecule has 0 unspecified atom stereocenters. The zero-order chi connectivity index (χ0) is 14.5. The van der Waals surface area contributed by atoms with Crippen LogP contribution in [0.25, 0.3) is 11.6 Å². The highest BCUT2D eigenvalue weighted by Gasteiger charge is 2.17. The monoisotopic (exact) mass is 359 g/mol. The molecule has 0 aliphatic heterocycles. The zero-order valence-corrected chi connectivity index (χ0v) is 13.5. The Morgan fingerprint density at radius 1 is 1.45 bits per heavy atom. The summed E-state index contributed by atoms with van der Waals surface area (Å²) in [6.07, 6.45) is 0. The fourth-order valence-electron chi connectivity index (χ4n) is 1.62. The number of hydrogen-bond acceptors (Lipinski definition) is 6. The third-order valence-electron chi connectivity index (χ3n) is 2.45. The third kappa shape index (κ3) is 3.43. The van der Waals surface area contributed by atoms with E-state index >= 15 is 0 Å². The molecule has 0 bridgehead atoms. The van der Waals surface area contributed by atoms with Crippen LogP contribution in [0.4, 0.5) is 0 Å². The van der Waals surface area contributed by atoms with Gasteiger partial charge in [0, 0.05) is 6.54 Å². The van der Waals surface area contributed by atoms with Gasteiger partial charge in [-0.1, -0.05) is 11.8 Å². The molecule has 2 aromatic heterocycles. The van der Waals surface area contributed by atoms with E-state index in [4.69, 9.17) is 9.15 Å². The summed E-state index contributed by atoms with van der Waals surface area (Å²) in [5.41, 5.74) is 0. The first kappa shape index (κ1) is 15.1. The second-order valence-corrected chi connectivity index (χ2v) is 5.47. The van der Waals surface area contributed by atoms with Crippen molar-refractivity contribution in [2.45, 2.75) is 25.5 Å². The summed E-state index contributed by atoms with van der Waals surface area (Å²) >= 11 is 4.56. The van der Waals surface area contributed by atoms with E-state index in [1.807, 2.05) is 17.6 Å². The standard InChI is InChI=1S/C12H14BrN3O3S/c1-3-16-11(8-5-6-9(13)19-8)14-15-12(16)20-7-10(17)18-4-2/h5-6H,3-4,7H2,1-2H3. The van der Waals surface area contributed by atoms with Gasteiger partial charge in [0.1, 0.15) is 0 Å². The molecule has 0 amide bonds. The van der Waals surface area contributed by atoms with E-state index in [0.29, 0.717) is 34.6 Å². The van der Waals surface area contributed by atoms with Crippen LogP contribution in [-0.2, 0) is 16.1 Å². The number of ether oxygens (including phenoxy) is 1. The molecule has 0 saturated heterocycles. The van der Waals surface area contributed by atoms with Crippen LogP contribution < -0.4 is 0 Å². The number of rotatable bonds is 6. The van der Waals surface area contributed by atoms with E-state index in [-0.39, 0.29) is 11.7 Å². The molecule has 0 aliphatic carbocycles. The van der Waals surface area contributed by atoms with Crippen LogP contribution in [0.3, 0.4) is 0 Å². The Kier molecular flexibility index (Phi) is 5.24. The van der Waals surface area contributed by atoms with Crippen molar-refractivity contribution >= 4 is 33.7 Å². The smallest absolute Gasteiger partial charge is 0.316 e. The minimum Gasteiger partial charge on any atom is -0.465 e. The second-order valence-electron chi connectivity index (χ2n) is 3.75. The number of halogens is 1. The summed E-state index contributed by atoms with van der Waals surface area (Å²) in [7, 11) is 0. The molecule has 2 rings (SSSR count). The molecule has 0 fully saturated rings. The molecule has 0 spiro atoms. The van der Waals surface area contributed by atoms with Gasteiger partial charge < -0.3 is 9.15 Å². The van der Waals surface area contributed by atoms with Crippen molar-refractivity contribution in [1.82, 2.24) is 14.8 Å². The van der Waals surface area contributed by atoms with Gasteiger partial charge in [-0.05, 0) is 41.9 Å². The molecule has 2 heterocycles. The van der Waals surface area contributed by atoms with E-state index < -0.39 is 0 Å². The highest BCUT2D eigenvalue weighted by molar-refractivity contribution is 9.10. The van der Waals surface area contributed by atoms with Crippen molar-refractivity contribution in [1.29, 1.82) is 0 Å². The number of aromatic nitrogens is 3. The Morgan fingerprint density at radius 3 is 2.85 bits per heavy atom. The van der Waals surface area contributed by atoms with Crippen molar-refractivity contribution in [3.8, 4) is 11.6 Å². The molecule has 20 heavy (non-hydrogen) atoms. The van der Waals surface area contributed by atoms with Crippen molar-refractivity contribution in [3.63, 3.8) is 0 Å². The molecule has 6 nitrogen and oxygen atoms in total. The SMILES string of the molecule is CCOC(=O)CSc1nnc(-c2ccc(Br)o2)n1CC. The Balaban J connectivity index is 2.15. The lowest BCUT2D eigenvalue weighted by atomic mass is 10.4. The van der Waals surface area contributed by atoms with Crippen molar-refractivity contribution < 1.29 is 13.9 Å². The van der Waals surface area contributed by atoms with Crippen molar-refractivity contribution in [3.05, 3.63) is 16.8 Å². The first-order valence-electron chi connectivity index (χ1n) is 6.13. The molecular formula is C12H14BrN3O3S. The third-order valence-corrected chi connectivity index (χ3v) is 3.82. The number of furan rings is 1. The molecule has 8 heteroatoms. The van der Waals surface area contributed by atoms with Gasteiger partial charge in [-0.25, -0.2) is 0 Å². The minimum atomic E-state index is -0.259. The van der Waals surface area contributed by atoms with Crippen LogP contribution in [-0.4, -0.2) is 33.1 Å². The summed E-state index contributed by atoms with van der Waals surface area (Å²) < 4.78 is 12.9. The maximum atomic E-state index is 11.4. The highest BCUT2D eigenvalue weighted by Crippen LogP contribution is 2.27. The van der Waals surface area contributed by atoms with E-state index in [1.165, 1.54) is 11.8 Å². The molecule has 0 atom stereocenters. The molecule has 0 aliphatic rings. The molecule has 0 radical (unpaired) electrons. The summed E-state index contributed by atoms with van der Waals surface area (Å²) in [4.78, 5) is 11.4. The number of carbonyl (C=O) groups is 1. The molecule has 0 aromatic carbocycles. The maximum absolute atomic E-state index is 11.4. The number of esters is 1. The van der Waals surface area contributed by atoms with Crippen LogP contribution >= 0.6 is 27.7 Å². The fraction of sp³-hybridized carbons (Fsp3) is 0.417. The average molecular weight is 360 g/mol. The van der Waals surface area contributed by atoms with E-state index in [2.05, 4.69) is 26.1 Å². The molecule has 2 aromatic rings. The largest absolute Gasteiger partial charge is 0.465 e. The van der Waals surface area contributed by atoms with E-state index in [0.717, 1.165) is 0 Å². The lowest BCUT2D eigenvalue weighted by Crippen LogP contribution is -2.08. The van der Waals surface area contributed by atoms with Crippen LogP contribution in [0, 0.1) is 0 Å². The average Bonchev–Trinajstić information content (AvgIpc) is 3.02. The summed E-state index contributed by atoms with van der Waals surface area (Å²) in [5, 5.41) is 8.89. The van der Waals surface area contributed by atoms with Gasteiger partial charge in [0.05, 0.1) is 12.4 Å². The van der Waals surface area contributed by atoms with Gasteiger partial charge >= 0.3 is 5.97 Å². The van der Waals surface area contributed by atoms with Gasteiger partial charge in [0.25, 0.3) is 0 Å². The Hall–Kier alpha value is -1.28. The van der Waals surface area contributed by atoms with Gasteiger partial charge in [0.2, 0.25) is 5.82 Å².